The Labute approximate surface area is 149 Å². The molecule has 7 heteroatoms. The Kier molecular flexibility index (Phi) is 5.04. The molecule has 0 fully saturated rings. The van der Waals surface area contributed by atoms with Gasteiger partial charge in [-0.3, -0.25) is 4.99 Å². The molecular weight excluding hydrogens is 338 g/mol. The number of phenols is 1. The molecule has 1 aromatic carbocycles. The van der Waals surface area contributed by atoms with E-state index in [9.17, 15) is 5.11 Å². The predicted molar refractivity (Wildman–Crippen MR) is 98.4 cm³/mol. The number of ether oxygens (including phenoxy) is 1. The van der Waals surface area contributed by atoms with Gasteiger partial charge in [-0.15, -0.1) is 11.3 Å². The van der Waals surface area contributed by atoms with Crippen LogP contribution in [0.3, 0.4) is 0 Å². The molecule has 0 amide bonds. The van der Waals surface area contributed by atoms with E-state index in [0.29, 0.717) is 5.75 Å². The van der Waals surface area contributed by atoms with Gasteiger partial charge in [-0.1, -0.05) is 0 Å². The van der Waals surface area contributed by atoms with Crippen molar-refractivity contribution in [2.24, 2.45) is 10.1 Å². The van der Waals surface area contributed by atoms with Crippen LogP contribution in [0.25, 0.3) is 11.5 Å². The zero-order valence-electron chi connectivity index (χ0n) is 14.2. The van der Waals surface area contributed by atoms with Gasteiger partial charge in [-0.25, -0.2) is 4.68 Å². The summed E-state index contributed by atoms with van der Waals surface area (Å²) in [6.45, 7) is 4.04. The number of furan rings is 1. The SMILES string of the molecule is COc1cc(C=Nn2c(-c3ccco3)csc2=NC(C)C)ccc1O. The minimum Gasteiger partial charge on any atom is -0.504 e. The molecule has 0 spiro atoms. The zero-order chi connectivity index (χ0) is 17.8. The molecule has 0 radical (unpaired) electrons. The van der Waals surface area contributed by atoms with Gasteiger partial charge < -0.3 is 14.3 Å². The highest BCUT2D eigenvalue weighted by atomic mass is 32.1. The molecule has 130 valence electrons. The summed E-state index contributed by atoms with van der Waals surface area (Å²) in [5, 5.41) is 16.2. The number of hydrogen-bond donors (Lipinski definition) is 1. The summed E-state index contributed by atoms with van der Waals surface area (Å²) in [6, 6.07) is 8.93. The first-order valence-electron chi connectivity index (χ1n) is 7.78. The van der Waals surface area contributed by atoms with Crippen LogP contribution in [0.2, 0.25) is 0 Å². The lowest BCUT2D eigenvalue weighted by Crippen LogP contribution is -2.14. The van der Waals surface area contributed by atoms with Crippen LogP contribution < -0.4 is 9.54 Å². The average Bonchev–Trinajstić information content (AvgIpc) is 3.23. The molecule has 0 bridgehead atoms. The molecule has 0 aliphatic heterocycles. The normalized spacial score (nSPS) is 12.4. The highest BCUT2D eigenvalue weighted by Crippen LogP contribution is 2.26. The molecule has 0 saturated heterocycles. The van der Waals surface area contributed by atoms with Gasteiger partial charge in [0.1, 0.15) is 5.69 Å². The van der Waals surface area contributed by atoms with Crippen molar-refractivity contribution in [3.8, 4) is 23.0 Å². The second kappa shape index (κ2) is 7.40. The quantitative estimate of drug-likeness (QED) is 0.708. The average molecular weight is 357 g/mol. The summed E-state index contributed by atoms with van der Waals surface area (Å²) in [5.74, 6) is 1.22. The summed E-state index contributed by atoms with van der Waals surface area (Å²) < 4.78 is 12.4. The van der Waals surface area contributed by atoms with E-state index in [0.717, 1.165) is 21.8 Å². The highest BCUT2D eigenvalue weighted by molar-refractivity contribution is 7.07. The minimum absolute atomic E-state index is 0.0922. The largest absolute Gasteiger partial charge is 0.504 e. The summed E-state index contributed by atoms with van der Waals surface area (Å²) >= 11 is 1.51. The molecule has 0 atom stereocenters. The first kappa shape index (κ1) is 17.0. The van der Waals surface area contributed by atoms with Crippen LogP contribution in [0.5, 0.6) is 11.5 Å². The number of rotatable bonds is 5. The molecule has 0 aliphatic rings. The Morgan fingerprint density at radius 2 is 2.16 bits per heavy atom. The lowest BCUT2D eigenvalue weighted by atomic mass is 10.2. The predicted octanol–water partition coefficient (Wildman–Crippen LogP) is 3.72. The van der Waals surface area contributed by atoms with Crippen LogP contribution in [-0.4, -0.2) is 29.1 Å². The fourth-order valence-electron chi connectivity index (χ4n) is 2.21. The van der Waals surface area contributed by atoms with E-state index >= 15 is 0 Å². The molecule has 0 aliphatic carbocycles. The smallest absolute Gasteiger partial charge is 0.206 e. The van der Waals surface area contributed by atoms with Crippen molar-refractivity contribution in [1.29, 1.82) is 0 Å². The van der Waals surface area contributed by atoms with Crippen LogP contribution in [0.1, 0.15) is 19.4 Å². The maximum atomic E-state index is 9.70. The van der Waals surface area contributed by atoms with E-state index in [1.165, 1.54) is 18.4 Å². The number of methoxy groups -OCH3 is 1. The van der Waals surface area contributed by atoms with Gasteiger partial charge in [0.05, 0.1) is 19.6 Å². The van der Waals surface area contributed by atoms with E-state index in [1.807, 2.05) is 31.4 Å². The molecule has 2 heterocycles. The van der Waals surface area contributed by atoms with Gasteiger partial charge in [0.2, 0.25) is 4.80 Å². The first-order valence-corrected chi connectivity index (χ1v) is 8.66. The van der Waals surface area contributed by atoms with Gasteiger partial charge in [-0.2, -0.15) is 5.10 Å². The highest BCUT2D eigenvalue weighted by Gasteiger charge is 2.10. The van der Waals surface area contributed by atoms with E-state index in [1.54, 1.807) is 35.4 Å². The van der Waals surface area contributed by atoms with Crippen molar-refractivity contribution in [2.45, 2.75) is 19.9 Å². The van der Waals surface area contributed by atoms with E-state index in [-0.39, 0.29) is 11.8 Å². The van der Waals surface area contributed by atoms with Crippen molar-refractivity contribution in [1.82, 2.24) is 4.68 Å². The number of benzene rings is 1. The molecule has 1 N–H and O–H groups in total. The summed E-state index contributed by atoms with van der Waals surface area (Å²) in [7, 11) is 1.51. The fourth-order valence-corrected chi connectivity index (χ4v) is 3.16. The number of hydrogen-bond acceptors (Lipinski definition) is 6. The van der Waals surface area contributed by atoms with Crippen molar-refractivity contribution in [3.63, 3.8) is 0 Å². The first-order chi connectivity index (χ1) is 12.1. The molecule has 3 aromatic rings. The minimum atomic E-state index is 0.0922. The van der Waals surface area contributed by atoms with Crippen LogP contribution in [0.15, 0.2) is 56.5 Å². The molecule has 6 nitrogen and oxygen atoms in total. The molecular formula is C18H19N3O3S. The van der Waals surface area contributed by atoms with E-state index in [4.69, 9.17) is 9.15 Å². The van der Waals surface area contributed by atoms with Gasteiger partial charge in [0, 0.05) is 11.4 Å². The Balaban J connectivity index is 2.05. The fraction of sp³-hybridized carbons (Fsp3) is 0.222. The lowest BCUT2D eigenvalue weighted by Gasteiger charge is -2.04. The van der Waals surface area contributed by atoms with Crippen molar-refractivity contribution in [3.05, 3.63) is 52.3 Å². The second-order valence-corrected chi connectivity index (χ2v) is 6.43. The van der Waals surface area contributed by atoms with Gasteiger partial charge in [0.15, 0.2) is 17.3 Å². The molecule has 25 heavy (non-hydrogen) atoms. The van der Waals surface area contributed by atoms with Crippen molar-refractivity contribution < 1.29 is 14.3 Å². The van der Waals surface area contributed by atoms with Crippen LogP contribution in [0.4, 0.5) is 0 Å². The van der Waals surface area contributed by atoms with E-state index in [2.05, 4.69) is 10.1 Å². The summed E-state index contributed by atoms with van der Waals surface area (Å²) in [4.78, 5) is 5.39. The Hall–Kier alpha value is -2.80. The summed E-state index contributed by atoms with van der Waals surface area (Å²) in [6.07, 6.45) is 3.33. The number of nitrogens with zero attached hydrogens (tertiary/aromatic N) is 3. The maximum absolute atomic E-state index is 9.70. The Bertz CT molecular complexity index is 937. The third-order valence-corrected chi connectivity index (χ3v) is 4.18. The molecule has 0 unspecified atom stereocenters. The maximum Gasteiger partial charge on any atom is 0.206 e. The van der Waals surface area contributed by atoms with Crippen molar-refractivity contribution >= 4 is 17.6 Å². The number of thiazole rings is 1. The number of aromatic hydroxyl groups is 1. The third kappa shape index (κ3) is 3.83. The zero-order valence-corrected chi connectivity index (χ0v) is 15.0. The monoisotopic (exact) mass is 357 g/mol. The third-order valence-electron chi connectivity index (χ3n) is 3.35. The topological polar surface area (TPSA) is 72.2 Å². The Morgan fingerprint density at radius 3 is 2.84 bits per heavy atom. The second-order valence-electron chi connectivity index (χ2n) is 5.59. The molecule has 0 saturated carbocycles. The van der Waals surface area contributed by atoms with Gasteiger partial charge >= 0.3 is 0 Å². The lowest BCUT2D eigenvalue weighted by molar-refractivity contribution is 0.373. The molecule has 2 aromatic heterocycles. The van der Waals surface area contributed by atoms with Gasteiger partial charge in [0.25, 0.3) is 0 Å². The Morgan fingerprint density at radius 1 is 1.32 bits per heavy atom. The standard InChI is InChI=1S/C18H19N3O3S/c1-12(2)20-18-21(14(11-25-18)16-5-4-8-24-16)19-10-13-6-7-15(22)17(9-13)23-3/h4-12,22H,1-3H3. The van der Waals surface area contributed by atoms with Crippen molar-refractivity contribution in [2.75, 3.05) is 7.11 Å². The van der Waals surface area contributed by atoms with Gasteiger partial charge in [-0.05, 0) is 49.7 Å². The van der Waals surface area contributed by atoms with E-state index < -0.39 is 0 Å². The van der Waals surface area contributed by atoms with Crippen LogP contribution >= 0.6 is 11.3 Å². The number of phenolic OH excluding ortho intramolecular Hbond substituents is 1. The van der Waals surface area contributed by atoms with Crippen LogP contribution in [-0.2, 0) is 0 Å². The van der Waals surface area contributed by atoms with Crippen LogP contribution in [0, 0.1) is 0 Å². The summed E-state index contributed by atoms with van der Waals surface area (Å²) in [5.41, 5.74) is 1.63. The molecule has 3 rings (SSSR count). The number of aromatic nitrogens is 1.